The summed E-state index contributed by atoms with van der Waals surface area (Å²) in [7, 11) is -8.21. The van der Waals surface area contributed by atoms with E-state index in [-0.39, 0.29) is 40.4 Å². The highest BCUT2D eigenvalue weighted by molar-refractivity contribution is 8.09. The maximum Gasteiger partial charge on any atom is 0.282 e. The lowest BCUT2D eigenvalue weighted by Gasteiger charge is -2.20. The molecule has 3 aromatic heterocycles. The van der Waals surface area contributed by atoms with E-state index in [4.69, 9.17) is 0 Å². The van der Waals surface area contributed by atoms with E-state index in [2.05, 4.69) is 19.9 Å². The van der Waals surface area contributed by atoms with Gasteiger partial charge in [0.05, 0.1) is 36.1 Å². The summed E-state index contributed by atoms with van der Waals surface area (Å²) >= 11 is 2.40. The van der Waals surface area contributed by atoms with Crippen LogP contribution in [-0.2, 0) is 44.2 Å². The third-order valence-corrected chi connectivity index (χ3v) is 11.4. The number of thiazole rings is 1. The number of rotatable bonds is 12. The molecule has 3 heterocycles. The van der Waals surface area contributed by atoms with Gasteiger partial charge in [-0.25, -0.2) is 36.8 Å². The maximum atomic E-state index is 13.3. The van der Waals surface area contributed by atoms with Crippen molar-refractivity contribution in [2.75, 3.05) is 22.0 Å². The van der Waals surface area contributed by atoms with Crippen LogP contribution < -0.4 is 9.27 Å². The van der Waals surface area contributed by atoms with Crippen molar-refractivity contribution < 1.29 is 21.6 Å². The van der Waals surface area contributed by atoms with Crippen LogP contribution in [-0.4, -0.2) is 65.4 Å². The van der Waals surface area contributed by atoms with E-state index >= 15 is 0 Å². The first-order chi connectivity index (χ1) is 20.9. The van der Waals surface area contributed by atoms with Crippen molar-refractivity contribution in [3.63, 3.8) is 0 Å². The molecule has 16 heteroatoms. The number of thioether (sulfide) groups is 1. The molecule has 0 fully saturated rings. The van der Waals surface area contributed by atoms with Gasteiger partial charge in [-0.05, 0) is 24.1 Å². The Morgan fingerprint density at radius 2 is 1.68 bits per heavy atom. The Bertz CT molecular complexity index is 2080. The molecule has 0 radical (unpaired) electrons. The summed E-state index contributed by atoms with van der Waals surface area (Å²) in [5.41, 5.74) is 2.02. The maximum absolute atomic E-state index is 13.3. The minimum Gasteiger partial charge on any atom is -0.298 e. The smallest absolute Gasteiger partial charge is 0.282 e. The zero-order valence-corrected chi connectivity index (χ0v) is 26.8. The molecule has 0 atom stereocenters. The summed E-state index contributed by atoms with van der Waals surface area (Å²) in [5, 5.41) is 2.60. The molecule has 0 bridgehead atoms. The highest BCUT2D eigenvalue weighted by Gasteiger charge is 2.27. The van der Waals surface area contributed by atoms with Crippen molar-refractivity contribution in [3.05, 3.63) is 93.3 Å². The molecule has 0 aliphatic heterocycles. The molecule has 0 unspecified atom stereocenters. The van der Waals surface area contributed by atoms with E-state index in [1.807, 2.05) is 30.3 Å². The van der Waals surface area contributed by atoms with E-state index in [0.29, 0.717) is 38.1 Å². The van der Waals surface area contributed by atoms with E-state index in [1.54, 1.807) is 11.4 Å². The van der Waals surface area contributed by atoms with Gasteiger partial charge in [-0.1, -0.05) is 54.2 Å². The predicted molar refractivity (Wildman–Crippen MR) is 171 cm³/mol. The fourth-order valence-corrected chi connectivity index (χ4v) is 9.08. The van der Waals surface area contributed by atoms with Gasteiger partial charge in [0.1, 0.15) is 10.8 Å². The van der Waals surface area contributed by atoms with Crippen LogP contribution in [0.2, 0.25) is 0 Å². The highest BCUT2D eigenvalue weighted by atomic mass is 32.3. The second kappa shape index (κ2) is 12.9. The normalized spacial score (nSPS) is 12.0. The Morgan fingerprint density at radius 3 is 2.41 bits per heavy atom. The van der Waals surface area contributed by atoms with Gasteiger partial charge in [-0.3, -0.25) is 14.2 Å². The van der Waals surface area contributed by atoms with Crippen molar-refractivity contribution in [3.8, 4) is 11.3 Å². The first-order valence-corrected chi connectivity index (χ1v) is 18.6. The SMILES string of the molecule is CS(=O)(=O)N(c1cccc(-c2csc(CC(=O)CSc3nc4nccnc4c(=O)n3CCc3ccccc3)n2)c1)S(C)(=O)=O. The highest BCUT2D eigenvalue weighted by Crippen LogP contribution is 2.29. The largest absolute Gasteiger partial charge is 0.298 e. The molecule has 0 N–H and O–H groups in total. The van der Waals surface area contributed by atoms with Crippen molar-refractivity contribution in [1.82, 2.24) is 24.5 Å². The molecule has 0 saturated heterocycles. The van der Waals surface area contributed by atoms with Crippen LogP contribution in [0.1, 0.15) is 10.6 Å². The number of anilines is 1. The van der Waals surface area contributed by atoms with E-state index in [0.717, 1.165) is 29.8 Å². The van der Waals surface area contributed by atoms with Gasteiger partial charge >= 0.3 is 0 Å². The van der Waals surface area contributed by atoms with Gasteiger partial charge in [0.25, 0.3) is 5.56 Å². The molecule has 0 spiro atoms. The monoisotopic (exact) mass is 670 g/mol. The molecule has 0 aliphatic rings. The van der Waals surface area contributed by atoms with Crippen LogP contribution in [0.4, 0.5) is 5.69 Å². The summed E-state index contributed by atoms with van der Waals surface area (Å²) in [6.45, 7) is 0.351. The Morgan fingerprint density at radius 1 is 0.955 bits per heavy atom. The van der Waals surface area contributed by atoms with Gasteiger partial charge in [0.2, 0.25) is 20.0 Å². The summed E-state index contributed by atoms with van der Waals surface area (Å²) in [6, 6.07) is 15.7. The number of carbonyl (C=O) groups is 1. The van der Waals surface area contributed by atoms with Crippen LogP contribution in [0.25, 0.3) is 22.4 Å². The summed E-state index contributed by atoms with van der Waals surface area (Å²) < 4.78 is 50.6. The second-order valence-corrected chi connectivity index (χ2v) is 15.5. The number of hydrogen-bond acceptors (Lipinski definition) is 12. The van der Waals surface area contributed by atoms with Crippen molar-refractivity contribution in [2.45, 2.75) is 24.5 Å². The van der Waals surface area contributed by atoms with Crippen LogP contribution >= 0.6 is 23.1 Å². The number of Topliss-reactive ketones (excluding diaryl/α,β-unsaturated/α-hetero) is 1. The molecule has 0 amide bonds. The van der Waals surface area contributed by atoms with Crippen LogP contribution in [0, 0.1) is 0 Å². The quantitative estimate of drug-likeness (QED) is 0.142. The predicted octanol–water partition coefficient (Wildman–Crippen LogP) is 3.18. The Hall–Kier alpha value is -3.99. The molecule has 5 aromatic rings. The molecular formula is C28H26N6O6S4. The molecule has 12 nitrogen and oxygen atoms in total. The minimum absolute atomic E-state index is 0.0256. The van der Waals surface area contributed by atoms with E-state index in [1.165, 1.54) is 46.5 Å². The number of carbonyl (C=O) groups excluding carboxylic acids is 1. The van der Waals surface area contributed by atoms with Gasteiger partial charge in [-0.15, -0.1) is 11.3 Å². The lowest BCUT2D eigenvalue weighted by molar-refractivity contribution is -0.116. The number of fused-ring (bicyclic) bond motifs is 1. The van der Waals surface area contributed by atoms with Gasteiger partial charge < -0.3 is 0 Å². The number of aromatic nitrogens is 5. The lowest BCUT2D eigenvalue weighted by atomic mass is 10.1. The molecular weight excluding hydrogens is 645 g/mol. The van der Waals surface area contributed by atoms with Crippen LogP contribution in [0.5, 0.6) is 0 Å². The average Bonchev–Trinajstić information content (AvgIpc) is 3.43. The number of ketones is 1. The Kier molecular flexibility index (Phi) is 9.24. The van der Waals surface area contributed by atoms with Crippen molar-refractivity contribution in [1.29, 1.82) is 0 Å². The van der Waals surface area contributed by atoms with E-state index < -0.39 is 20.0 Å². The van der Waals surface area contributed by atoms with Crippen LogP contribution in [0.15, 0.2) is 82.3 Å². The average molecular weight is 671 g/mol. The number of hydrogen-bond donors (Lipinski definition) is 0. The standard InChI is InChI=1S/C28H26N6O6S4/c1-43(37,38)34(44(2,39)40)21-10-6-9-20(15-21)23-18-41-24(31-23)16-22(35)17-42-28-32-26-25(29-12-13-30-26)27(36)33(28)14-11-19-7-4-3-5-8-19/h3-10,12-13,15,18H,11,14,16-17H2,1-2H3. The van der Waals surface area contributed by atoms with Crippen molar-refractivity contribution >= 4 is 65.8 Å². The summed E-state index contributed by atoms with van der Waals surface area (Å²) in [5.74, 6) is -0.112. The fraction of sp³-hybridized carbons (Fsp3) is 0.214. The molecule has 2 aromatic carbocycles. The lowest BCUT2D eigenvalue weighted by Crippen LogP contribution is -2.35. The van der Waals surface area contributed by atoms with E-state index in [9.17, 15) is 26.4 Å². The number of nitrogens with zero attached hydrogens (tertiary/aromatic N) is 6. The third kappa shape index (κ3) is 7.38. The Balaban J connectivity index is 1.31. The molecule has 44 heavy (non-hydrogen) atoms. The molecule has 0 saturated carbocycles. The van der Waals surface area contributed by atoms with Gasteiger partial charge in [0.15, 0.2) is 16.3 Å². The topological polar surface area (TPSA) is 162 Å². The minimum atomic E-state index is -4.10. The second-order valence-electron chi connectivity index (χ2n) is 9.72. The summed E-state index contributed by atoms with van der Waals surface area (Å²) in [6.07, 6.45) is 5.14. The molecule has 228 valence electrons. The number of benzene rings is 2. The first-order valence-electron chi connectivity index (χ1n) is 13.1. The molecule has 5 rings (SSSR count). The van der Waals surface area contributed by atoms with Crippen LogP contribution in [0.3, 0.4) is 0 Å². The van der Waals surface area contributed by atoms with Gasteiger partial charge in [-0.2, -0.15) is 3.71 Å². The third-order valence-electron chi connectivity index (χ3n) is 6.24. The zero-order valence-electron chi connectivity index (χ0n) is 23.5. The zero-order chi connectivity index (χ0) is 31.5. The van der Waals surface area contributed by atoms with Gasteiger partial charge in [0, 0.05) is 29.9 Å². The number of sulfonamides is 2. The molecule has 0 aliphatic carbocycles. The Labute approximate surface area is 262 Å². The number of aryl methyl sites for hydroxylation is 1. The summed E-state index contributed by atoms with van der Waals surface area (Å²) in [4.78, 5) is 43.6. The van der Waals surface area contributed by atoms with Crippen molar-refractivity contribution in [2.24, 2.45) is 0 Å². The fourth-order valence-electron chi connectivity index (χ4n) is 4.42. The first kappa shape index (κ1) is 31.4.